The first-order chi connectivity index (χ1) is 7.67. The Morgan fingerprint density at radius 3 is 1.28 bits per heavy atom. The summed E-state index contributed by atoms with van der Waals surface area (Å²) in [6.07, 6.45) is 0. The average Bonchev–Trinajstić information content (AvgIpc) is 1.94. The van der Waals surface area contributed by atoms with Crippen molar-refractivity contribution in [2.24, 2.45) is 0 Å². The van der Waals surface area contributed by atoms with Gasteiger partial charge in [-0.25, -0.2) is 0 Å². The highest BCUT2D eigenvalue weighted by Gasteiger charge is 2.61. The summed E-state index contributed by atoms with van der Waals surface area (Å²) in [7, 11) is -3.81. The van der Waals surface area contributed by atoms with Gasteiger partial charge in [-0.2, -0.15) is 0 Å². The van der Waals surface area contributed by atoms with Gasteiger partial charge in [0.1, 0.15) is 0 Å². The second-order valence-corrected chi connectivity index (χ2v) is 28.9. The Morgan fingerprint density at radius 1 is 0.833 bits per heavy atom. The second kappa shape index (κ2) is 5.42. The van der Waals surface area contributed by atoms with Gasteiger partial charge >= 0.3 is 0 Å². The third-order valence-electron chi connectivity index (χ3n) is 3.99. The van der Waals surface area contributed by atoms with Crippen LogP contribution in [0.15, 0.2) is 12.3 Å². The molecule has 0 fully saturated rings. The standard InChI is InChI=1S/C13H33OSi4/c1-12(2)14-15-13(16(3,4)5,17(6,7)8)18(9,10)11/h15H,1H2,2-11H3. The lowest BCUT2D eigenvalue weighted by Gasteiger charge is -2.57. The van der Waals surface area contributed by atoms with E-state index >= 15 is 0 Å². The summed E-state index contributed by atoms with van der Waals surface area (Å²) >= 11 is 0. The van der Waals surface area contributed by atoms with Crippen LogP contribution in [0.1, 0.15) is 6.92 Å². The summed E-state index contributed by atoms with van der Waals surface area (Å²) in [5, 5.41) is 0. The van der Waals surface area contributed by atoms with Crippen molar-refractivity contribution in [1.82, 2.24) is 0 Å². The van der Waals surface area contributed by atoms with E-state index in [1.54, 1.807) is 0 Å². The normalized spacial score (nSPS) is 14.6. The van der Waals surface area contributed by atoms with E-state index in [0.29, 0.717) is 3.91 Å². The first-order valence-corrected chi connectivity index (χ1v) is 18.4. The van der Waals surface area contributed by atoms with Crippen LogP contribution in [-0.2, 0) is 4.43 Å². The van der Waals surface area contributed by atoms with E-state index in [2.05, 4.69) is 65.5 Å². The Labute approximate surface area is 120 Å². The van der Waals surface area contributed by atoms with E-state index in [0.717, 1.165) is 5.76 Å². The van der Waals surface area contributed by atoms with Crippen molar-refractivity contribution < 1.29 is 4.43 Å². The number of hydrogen-bond donors (Lipinski definition) is 0. The number of rotatable bonds is 6. The zero-order valence-corrected chi connectivity index (χ0v) is 18.3. The molecule has 0 amide bonds. The van der Waals surface area contributed by atoms with E-state index in [-0.39, 0.29) is 9.76 Å². The van der Waals surface area contributed by atoms with Gasteiger partial charge in [0.05, 0.1) is 5.76 Å². The van der Waals surface area contributed by atoms with Crippen LogP contribution in [0, 0.1) is 0 Å². The van der Waals surface area contributed by atoms with Gasteiger partial charge in [-0.3, -0.25) is 0 Å². The monoisotopic (exact) mass is 317 g/mol. The maximum Gasteiger partial charge on any atom is 0.259 e. The maximum absolute atomic E-state index is 6.08. The fraction of sp³-hybridized carbons (Fsp3) is 0.846. The summed E-state index contributed by atoms with van der Waals surface area (Å²) in [4.78, 5) is 0. The van der Waals surface area contributed by atoms with Crippen LogP contribution in [0.4, 0.5) is 0 Å². The summed E-state index contributed by atoms with van der Waals surface area (Å²) in [6.45, 7) is 28.9. The van der Waals surface area contributed by atoms with Crippen molar-refractivity contribution in [3.63, 3.8) is 0 Å². The smallest absolute Gasteiger partial charge is 0.259 e. The van der Waals surface area contributed by atoms with E-state index < -0.39 is 24.2 Å². The Morgan fingerprint density at radius 2 is 1.11 bits per heavy atom. The highest BCUT2D eigenvalue weighted by Crippen LogP contribution is 2.52. The molecule has 0 aliphatic heterocycles. The molecule has 0 saturated carbocycles. The molecule has 0 saturated heterocycles. The van der Waals surface area contributed by atoms with Crippen LogP contribution in [-0.4, -0.2) is 34.0 Å². The van der Waals surface area contributed by atoms with Gasteiger partial charge in [-0.05, 0) is 10.8 Å². The van der Waals surface area contributed by atoms with Crippen LogP contribution >= 0.6 is 0 Å². The van der Waals surface area contributed by atoms with Crippen molar-refractivity contribution in [2.45, 2.75) is 69.8 Å². The molecule has 0 N–H and O–H groups in total. The molecule has 0 aromatic heterocycles. The van der Waals surface area contributed by atoms with Crippen molar-refractivity contribution in [2.75, 3.05) is 0 Å². The molecule has 0 aliphatic carbocycles. The predicted molar refractivity (Wildman–Crippen MR) is 95.8 cm³/mol. The van der Waals surface area contributed by atoms with Crippen molar-refractivity contribution in [3.8, 4) is 0 Å². The molecular formula is C13H33OSi4. The van der Waals surface area contributed by atoms with E-state index in [9.17, 15) is 0 Å². The van der Waals surface area contributed by atoms with Gasteiger partial charge in [0.25, 0.3) is 9.76 Å². The first kappa shape index (κ1) is 18.4. The van der Waals surface area contributed by atoms with Gasteiger partial charge in [-0.15, -0.1) is 0 Å². The lowest BCUT2D eigenvalue weighted by molar-refractivity contribution is 0.454. The highest BCUT2D eigenvalue weighted by molar-refractivity contribution is 7.22. The number of hydrogen-bond acceptors (Lipinski definition) is 1. The second-order valence-electron chi connectivity index (χ2n) is 8.50. The van der Waals surface area contributed by atoms with Crippen LogP contribution in [0.5, 0.6) is 0 Å². The number of allylic oxidation sites excluding steroid dienone is 1. The molecule has 107 valence electrons. The van der Waals surface area contributed by atoms with E-state index in [1.807, 2.05) is 6.92 Å². The minimum Gasteiger partial charge on any atom is -0.549 e. The topological polar surface area (TPSA) is 9.23 Å². The Balaban J connectivity index is 5.83. The molecule has 5 heteroatoms. The van der Waals surface area contributed by atoms with Gasteiger partial charge < -0.3 is 4.43 Å². The summed E-state index contributed by atoms with van der Waals surface area (Å²) < 4.78 is 6.64. The van der Waals surface area contributed by atoms with Gasteiger partial charge in [0, 0.05) is 24.2 Å². The summed E-state index contributed by atoms with van der Waals surface area (Å²) in [6, 6.07) is 0. The van der Waals surface area contributed by atoms with Crippen LogP contribution in [0.2, 0.25) is 62.8 Å². The van der Waals surface area contributed by atoms with E-state index in [4.69, 9.17) is 4.43 Å². The molecule has 0 unspecified atom stereocenters. The van der Waals surface area contributed by atoms with Crippen LogP contribution in [0.3, 0.4) is 0 Å². The SMILES string of the molecule is C=C(C)O[SiH]C([Si](C)(C)C)([Si](C)(C)C)[Si](C)(C)C. The average molecular weight is 318 g/mol. The van der Waals surface area contributed by atoms with Crippen molar-refractivity contribution >= 4 is 34.0 Å². The highest BCUT2D eigenvalue weighted by atomic mass is 28.5. The van der Waals surface area contributed by atoms with E-state index in [1.165, 1.54) is 0 Å². The minimum atomic E-state index is -1.28. The predicted octanol–water partition coefficient (Wildman–Crippen LogP) is 4.68. The molecule has 0 heterocycles. The molecule has 0 aromatic rings. The fourth-order valence-corrected chi connectivity index (χ4v) is 36.2. The Kier molecular flexibility index (Phi) is 5.54. The molecular weight excluding hydrogens is 284 g/mol. The third-order valence-corrected chi connectivity index (χ3v) is 34.3. The Hall–Kier alpha value is 0.408. The fourth-order valence-electron chi connectivity index (χ4n) is 4.09. The summed E-state index contributed by atoms with van der Waals surface area (Å²) in [5.74, 6) is 0.907. The van der Waals surface area contributed by atoms with Crippen LogP contribution in [0.25, 0.3) is 0 Å². The molecule has 0 aromatic carbocycles. The first-order valence-electron chi connectivity index (χ1n) is 6.83. The zero-order valence-electron chi connectivity index (χ0n) is 14.2. The molecule has 0 aliphatic rings. The summed E-state index contributed by atoms with van der Waals surface area (Å²) in [5.41, 5.74) is 0. The van der Waals surface area contributed by atoms with Gasteiger partial charge in [-0.1, -0.05) is 65.5 Å². The molecule has 1 nitrogen and oxygen atoms in total. The quantitative estimate of drug-likeness (QED) is 0.510. The zero-order chi connectivity index (χ0) is 15.0. The molecule has 0 spiro atoms. The molecule has 18 heavy (non-hydrogen) atoms. The molecule has 0 bridgehead atoms. The largest absolute Gasteiger partial charge is 0.549 e. The minimum absolute atomic E-state index is 0.0289. The van der Waals surface area contributed by atoms with Crippen molar-refractivity contribution in [1.29, 1.82) is 0 Å². The molecule has 0 atom stereocenters. The third kappa shape index (κ3) is 3.49. The Bertz CT molecular complexity index is 268. The molecule has 1 radical (unpaired) electrons. The van der Waals surface area contributed by atoms with Crippen molar-refractivity contribution in [3.05, 3.63) is 12.3 Å². The lowest BCUT2D eigenvalue weighted by Crippen LogP contribution is -2.68. The van der Waals surface area contributed by atoms with Gasteiger partial charge in [0.15, 0.2) is 0 Å². The van der Waals surface area contributed by atoms with Crippen LogP contribution < -0.4 is 0 Å². The maximum atomic E-state index is 6.08. The van der Waals surface area contributed by atoms with Gasteiger partial charge in [0.2, 0.25) is 0 Å². The lowest BCUT2D eigenvalue weighted by atomic mass is 10.7. The molecule has 0 rings (SSSR count).